The third-order valence-corrected chi connectivity index (χ3v) is 2.83. The first kappa shape index (κ1) is 13.4. The number of nitrogens with two attached hydrogens (primary N) is 2. The molecule has 0 aromatic carbocycles. The third kappa shape index (κ3) is 4.03. The van der Waals surface area contributed by atoms with Gasteiger partial charge >= 0.3 is 0 Å². The number of hydrogen-bond acceptors (Lipinski definition) is 4. The summed E-state index contributed by atoms with van der Waals surface area (Å²) in [5.74, 6) is -1.48. The van der Waals surface area contributed by atoms with Crippen molar-refractivity contribution in [1.29, 1.82) is 0 Å². The van der Waals surface area contributed by atoms with E-state index >= 15 is 0 Å². The molecule has 7 nitrogen and oxygen atoms in total. The lowest BCUT2D eigenvalue weighted by Crippen LogP contribution is -2.41. The Morgan fingerprint density at radius 2 is 1.82 bits per heavy atom. The molecule has 96 valence electrons. The minimum atomic E-state index is -0.465. The molecule has 1 aliphatic heterocycles. The standard InChI is InChI=1S/C10H18N4O3/c1-7(15)14-3-2-13(6-9(11)16)4-8(5-14)10(12)17/h8H,2-6H2,1H3,(H2,11,16)(H2,12,17). The smallest absolute Gasteiger partial charge is 0.231 e. The molecule has 0 aliphatic carbocycles. The second kappa shape index (κ2) is 5.62. The zero-order valence-electron chi connectivity index (χ0n) is 9.89. The molecule has 1 saturated heterocycles. The van der Waals surface area contributed by atoms with Crippen LogP contribution in [0.15, 0.2) is 0 Å². The molecule has 0 radical (unpaired) electrons. The third-order valence-electron chi connectivity index (χ3n) is 2.83. The molecule has 1 atom stereocenters. The van der Waals surface area contributed by atoms with Gasteiger partial charge in [0.1, 0.15) is 0 Å². The topological polar surface area (TPSA) is 110 Å². The van der Waals surface area contributed by atoms with Gasteiger partial charge in [-0.1, -0.05) is 0 Å². The Hall–Kier alpha value is -1.63. The summed E-state index contributed by atoms with van der Waals surface area (Å²) in [5, 5.41) is 0. The van der Waals surface area contributed by atoms with Crippen LogP contribution >= 0.6 is 0 Å². The highest BCUT2D eigenvalue weighted by Gasteiger charge is 2.27. The van der Waals surface area contributed by atoms with Gasteiger partial charge in [-0.3, -0.25) is 19.3 Å². The normalized spacial score (nSPS) is 21.9. The van der Waals surface area contributed by atoms with E-state index < -0.39 is 17.7 Å². The Kier molecular flexibility index (Phi) is 4.45. The quantitative estimate of drug-likeness (QED) is 0.582. The van der Waals surface area contributed by atoms with Gasteiger partial charge in [0.05, 0.1) is 12.5 Å². The molecule has 0 bridgehead atoms. The van der Waals surface area contributed by atoms with Crippen LogP contribution in [0.2, 0.25) is 0 Å². The number of primary amides is 2. The summed E-state index contributed by atoms with van der Waals surface area (Å²) in [6.07, 6.45) is 0. The van der Waals surface area contributed by atoms with Crippen molar-refractivity contribution in [2.75, 3.05) is 32.7 Å². The number of carbonyl (C=O) groups is 3. The number of rotatable bonds is 3. The lowest BCUT2D eigenvalue weighted by molar-refractivity contribution is -0.130. The van der Waals surface area contributed by atoms with Crippen LogP contribution < -0.4 is 11.5 Å². The molecule has 1 unspecified atom stereocenters. The fraction of sp³-hybridized carbons (Fsp3) is 0.700. The van der Waals surface area contributed by atoms with Crippen LogP contribution in [-0.4, -0.2) is 60.2 Å². The van der Waals surface area contributed by atoms with Crippen molar-refractivity contribution in [2.24, 2.45) is 17.4 Å². The summed E-state index contributed by atoms with van der Waals surface area (Å²) in [6, 6.07) is 0. The second-order valence-corrected chi connectivity index (χ2v) is 4.27. The molecule has 17 heavy (non-hydrogen) atoms. The van der Waals surface area contributed by atoms with E-state index in [4.69, 9.17) is 11.5 Å². The molecule has 0 saturated carbocycles. The van der Waals surface area contributed by atoms with Gasteiger partial charge in [0.15, 0.2) is 0 Å². The molecule has 1 rings (SSSR count). The van der Waals surface area contributed by atoms with Crippen molar-refractivity contribution in [3.8, 4) is 0 Å². The summed E-state index contributed by atoms with van der Waals surface area (Å²) in [4.78, 5) is 36.7. The maximum absolute atomic E-state index is 11.3. The molecular formula is C10H18N4O3. The van der Waals surface area contributed by atoms with Gasteiger partial charge in [-0.25, -0.2) is 0 Å². The molecule has 7 heteroatoms. The van der Waals surface area contributed by atoms with E-state index in [2.05, 4.69) is 0 Å². The number of nitrogens with zero attached hydrogens (tertiary/aromatic N) is 2. The highest BCUT2D eigenvalue weighted by Crippen LogP contribution is 2.09. The predicted octanol–water partition coefficient (Wildman–Crippen LogP) is -2.26. The molecule has 3 amide bonds. The van der Waals surface area contributed by atoms with Gasteiger partial charge in [0.25, 0.3) is 0 Å². The molecule has 0 aromatic heterocycles. The average Bonchev–Trinajstić information content (AvgIpc) is 2.39. The maximum atomic E-state index is 11.3. The van der Waals surface area contributed by atoms with E-state index in [0.29, 0.717) is 26.2 Å². The minimum Gasteiger partial charge on any atom is -0.369 e. The Bertz CT molecular complexity index is 332. The van der Waals surface area contributed by atoms with Crippen LogP contribution in [0.5, 0.6) is 0 Å². The largest absolute Gasteiger partial charge is 0.369 e. The summed E-state index contributed by atoms with van der Waals surface area (Å²) >= 11 is 0. The zero-order valence-corrected chi connectivity index (χ0v) is 9.89. The van der Waals surface area contributed by atoms with Gasteiger partial charge in [-0.2, -0.15) is 0 Å². The highest BCUT2D eigenvalue weighted by atomic mass is 16.2. The maximum Gasteiger partial charge on any atom is 0.231 e. The van der Waals surface area contributed by atoms with Crippen molar-refractivity contribution in [2.45, 2.75) is 6.92 Å². The van der Waals surface area contributed by atoms with E-state index in [1.807, 2.05) is 0 Å². The van der Waals surface area contributed by atoms with E-state index in [9.17, 15) is 14.4 Å². The van der Waals surface area contributed by atoms with E-state index in [-0.39, 0.29) is 12.5 Å². The highest BCUT2D eigenvalue weighted by molar-refractivity contribution is 5.79. The Morgan fingerprint density at radius 3 is 2.29 bits per heavy atom. The SMILES string of the molecule is CC(=O)N1CCN(CC(N)=O)CC(C(N)=O)C1. The summed E-state index contributed by atoms with van der Waals surface area (Å²) < 4.78 is 0. The van der Waals surface area contributed by atoms with Crippen LogP contribution in [0.1, 0.15) is 6.92 Å². The Labute approximate surface area is 99.7 Å². The monoisotopic (exact) mass is 242 g/mol. The summed E-state index contributed by atoms with van der Waals surface area (Å²) in [5.41, 5.74) is 10.4. The van der Waals surface area contributed by atoms with E-state index in [1.54, 1.807) is 9.80 Å². The van der Waals surface area contributed by atoms with Crippen molar-refractivity contribution in [3.05, 3.63) is 0 Å². The number of hydrogen-bond donors (Lipinski definition) is 2. The molecule has 4 N–H and O–H groups in total. The first-order valence-corrected chi connectivity index (χ1v) is 5.45. The van der Waals surface area contributed by atoms with Crippen LogP contribution in [0.3, 0.4) is 0 Å². The molecular weight excluding hydrogens is 224 g/mol. The van der Waals surface area contributed by atoms with Gasteiger partial charge in [-0.15, -0.1) is 0 Å². The first-order chi connectivity index (χ1) is 7.90. The number of carbonyl (C=O) groups excluding carboxylic acids is 3. The van der Waals surface area contributed by atoms with E-state index in [0.717, 1.165) is 0 Å². The predicted molar refractivity (Wildman–Crippen MR) is 60.6 cm³/mol. The summed E-state index contributed by atoms with van der Waals surface area (Å²) in [6.45, 7) is 3.19. The van der Waals surface area contributed by atoms with Crippen molar-refractivity contribution >= 4 is 17.7 Å². The zero-order chi connectivity index (χ0) is 13.0. The van der Waals surface area contributed by atoms with Crippen LogP contribution in [0.25, 0.3) is 0 Å². The minimum absolute atomic E-state index is 0.0789. The van der Waals surface area contributed by atoms with Crippen LogP contribution in [0, 0.1) is 5.92 Å². The average molecular weight is 242 g/mol. The molecule has 1 heterocycles. The molecule has 1 fully saturated rings. The Morgan fingerprint density at radius 1 is 1.18 bits per heavy atom. The van der Waals surface area contributed by atoms with Crippen LogP contribution in [0.4, 0.5) is 0 Å². The van der Waals surface area contributed by atoms with Gasteiger partial charge in [0.2, 0.25) is 17.7 Å². The molecule has 0 aromatic rings. The van der Waals surface area contributed by atoms with Gasteiger partial charge < -0.3 is 16.4 Å². The van der Waals surface area contributed by atoms with E-state index in [1.165, 1.54) is 6.92 Å². The lowest BCUT2D eigenvalue weighted by atomic mass is 10.1. The van der Waals surface area contributed by atoms with Crippen molar-refractivity contribution < 1.29 is 14.4 Å². The van der Waals surface area contributed by atoms with Gasteiger partial charge in [-0.05, 0) is 0 Å². The van der Waals surface area contributed by atoms with Gasteiger partial charge in [0, 0.05) is 33.1 Å². The summed E-state index contributed by atoms with van der Waals surface area (Å²) in [7, 11) is 0. The Balaban J connectivity index is 2.73. The fourth-order valence-electron chi connectivity index (χ4n) is 1.91. The molecule has 0 spiro atoms. The number of amides is 3. The fourth-order valence-corrected chi connectivity index (χ4v) is 1.91. The lowest BCUT2D eigenvalue weighted by Gasteiger charge is -2.20. The van der Waals surface area contributed by atoms with Crippen molar-refractivity contribution in [1.82, 2.24) is 9.80 Å². The second-order valence-electron chi connectivity index (χ2n) is 4.27. The van der Waals surface area contributed by atoms with Crippen LogP contribution in [-0.2, 0) is 14.4 Å². The first-order valence-electron chi connectivity index (χ1n) is 5.45. The van der Waals surface area contributed by atoms with Crippen molar-refractivity contribution in [3.63, 3.8) is 0 Å². The molecule has 1 aliphatic rings.